The minimum Gasteiger partial charge on any atom is -0.397 e. The summed E-state index contributed by atoms with van der Waals surface area (Å²) in [5.74, 6) is 0. The maximum atomic E-state index is 6.16. The minimum atomic E-state index is 0.837. The zero-order chi connectivity index (χ0) is 14.0. The number of fused-ring (bicyclic) bond motifs is 1. The van der Waals surface area contributed by atoms with E-state index in [0.29, 0.717) is 0 Å². The molecule has 0 saturated heterocycles. The Bertz CT molecular complexity index is 562. The maximum absolute atomic E-state index is 6.16. The van der Waals surface area contributed by atoms with Crippen molar-refractivity contribution in [3.05, 3.63) is 17.1 Å². The van der Waals surface area contributed by atoms with Crippen molar-refractivity contribution in [1.29, 1.82) is 0 Å². The molecule has 1 aromatic heterocycles. The van der Waals surface area contributed by atoms with E-state index in [2.05, 4.69) is 42.0 Å². The van der Waals surface area contributed by atoms with Crippen molar-refractivity contribution in [3.8, 4) is 0 Å². The molecule has 104 valence electrons. The minimum absolute atomic E-state index is 0.837. The van der Waals surface area contributed by atoms with Crippen LogP contribution in [0.15, 0.2) is 12.1 Å². The summed E-state index contributed by atoms with van der Waals surface area (Å²) in [6.07, 6.45) is 1.12. The summed E-state index contributed by atoms with van der Waals surface area (Å²) in [4.78, 5) is 8.95. The number of hydrogen-bond donors (Lipinski definition) is 1. The van der Waals surface area contributed by atoms with Gasteiger partial charge in [-0.15, -0.1) is 11.3 Å². The van der Waals surface area contributed by atoms with Gasteiger partial charge in [0, 0.05) is 13.6 Å². The van der Waals surface area contributed by atoms with Crippen LogP contribution >= 0.6 is 11.3 Å². The quantitative estimate of drug-likeness (QED) is 0.854. The molecule has 5 heteroatoms. The molecule has 0 aliphatic rings. The van der Waals surface area contributed by atoms with Crippen LogP contribution in [0, 0.1) is 6.92 Å². The highest BCUT2D eigenvalue weighted by Gasteiger charge is 2.09. The van der Waals surface area contributed by atoms with E-state index in [1.165, 1.54) is 4.70 Å². The van der Waals surface area contributed by atoms with E-state index >= 15 is 0 Å². The highest BCUT2D eigenvalue weighted by Crippen LogP contribution is 2.31. The van der Waals surface area contributed by atoms with Crippen molar-refractivity contribution in [3.63, 3.8) is 0 Å². The molecule has 0 bridgehead atoms. The van der Waals surface area contributed by atoms with Crippen LogP contribution in [-0.2, 0) is 0 Å². The Morgan fingerprint density at radius 1 is 1.21 bits per heavy atom. The third kappa shape index (κ3) is 3.36. The standard InChI is InChI=1S/C14H22N4S/c1-10-16-12-9-13(11(15)8-14(12)19-10)18(4)7-5-6-17(2)3/h8-9H,5-7,15H2,1-4H3. The molecule has 1 aromatic carbocycles. The third-order valence-corrected chi connectivity index (χ3v) is 4.09. The van der Waals surface area contributed by atoms with Gasteiger partial charge in [-0.25, -0.2) is 4.98 Å². The number of aromatic nitrogens is 1. The lowest BCUT2D eigenvalue weighted by Crippen LogP contribution is -2.24. The monoisotopic (exact) mass is 278 g/mol. The molecule has 0 aliphatic heterocycles. The molecule has 2 N–H and O–H groups in total. The van der Waals surface area contributed by atoms with Gasteiger partial charge in [0.05, 0.1) is 26.6 Å². The zero-order valence-electron chi connectivity index (χ0n) is 12.1. The Morgan fingerprint density at radius 2 is 1.95 bits per heavy atom. The number of nitrogen functional groups attached to an aromatic ring is 1. The van der Waals surface area contributed by atoms with Crippen LogP contribution in [0.3, 0.4) is 0 Å². The number of benzene rings is 1. The summed E-state index contributed by atoms with van der Waals surface area (Å²) < 4.78 is 1.17. The van der Waals surface area contributed by atoms with Gasteiger partial charge >= 0.3 is 0 Å². The Kier molecular flexibility index (Phi) is 4.27. The van der Waals surface area contributed by atoms with Gasteiger partial charge < -0.3 is 15.5 Å². The lowest BCUT2D eigenvalue weighted by Gasteiger charge is -2.22. The topological polar surface area (TPSA) is 45.4 Å². The fourth-order valence-corrected chi connectivity index (χ4v) is 3.03. The zero-order valence-corrected chi connectivity index (χ0v) is 12.9. The Hall–Kier alpha value is -1.33. The maximum Gasteiger partial charge on any atom is 0.0907 e. The average Bonchev–Trinajstić information content (AvgIpc) is 2.66. The molecule has 0 unspecified atom stereocenters. The van der Waals surface area contributed by atoms with Crippen molar-refractivity contribution in [2.75, 3.05) is 44.9 Å². The number of rotatable bonds is 5. The fourth-order valence-electron chi connectivity index (χ4n) is 2.17. The number of thiazole rings is 1. The molecule has 4 nitrogen and oxygen atoms in total. The highest BCUT2D eigenvalue weighted by molar-refractivity contribution is 7.18. The molecule has 0 amide bonds. The van der Waals surface area contributed by atoms with E-state index in [1.54, 1.807) is 11.3 Å². The number of anilines is 2. The first-order valence-electron chi connectivity index (χ1n) is 6.50. The fraction of sp³-hybridized carbons (Fsp3) is 0.500. The second kappa shape index (κ2) is 5.75. The molecule has 0 radical (unpaired) electrons. The molecule has 0 saturated carbocycles. The van der Waals surface area contributed by atoms with Crippen LogP contribution in [-0.4, -0.2) is 44.1 Å². The van der Waals surface area contributed by atoms with Gasteiger partial charge in [0.15, 0.2) is 0 Å². The van der Waals surface area contributed by atoms with Crippen molar-refractivity contribution in [1.82, 2.24) is 9.88 Å². The summed E-state index contributed by atoms with van der Waals surface area (Å²) in [7, 11) is 6.28. The smallest absolute Gasteiger partial charge is 0.0907 e. The molecule has 0 atom stereocenters. The number of hydrogen-bond acceptors (Lipinski definition) is 5. The molecule has 19 heavy (non-hydrogen) atoms. The second-order valence-corrected chi connectivity index (χ2v) is 6.42. The first-order chi connectivity index (χ1) is 8.97. The van der Waals surface area contributed by atoms with E-state index in [-0.39, 0.29) is 0 Å². The Balaban J connectivity index is 2.16. The summed E-state index contributed by atoms with van der Waals surface area (Å²) in [6, 6.07) is 4.14. The SMILES string of the molecule is Cc1nc2cc(N(C)CCCN(C)C)c(N)cc2s1. The first kappa shape index (κ1) is 14.1. The van der Waals surface area contributed by atoms with E-state index in [9.17, 15) is 0 Å². The van der Waals surface area contributed by atoms with E-state index in [1.807, 2.05) is 13.0 Å². The highest BCUT2D eigenvalue weighted by atomic mass is 32.1. The normalized spacial score (nSPS) is 11.4. The van der Waals surface area contributed by atoms with Crippen molar-refractivity contribution < 1.29 is 0 Å². The van der Waals surface area contributed by atoms with E-state index < -0.39 is 0 Å². The van der Waals surface area contributed by atoms with Gasteiger partial charge in [0.1, 0.15) is 0 Å². The number of aryl methyl sites for hydroxylation is 1. The molecular formula is C14H22N4S. The van der Waals surface area contributed by atoms with E-state index in [4.69, 9.17) is 5.73 Å². The summed E-state index contributed by atoms with van der Waals surface area (Å²) in [5, 5.41) is 1.09. The first-order valence-corrected chi connectivity index (χ1v) is 7.31. The van der Waals surface area contributed by atoms with Crippen molar-refractivity contribution in [2.45, 2.75) is 13.3 Å². The van der Waals surface area contributed by atoms with Gasteiger partial charge in [-0.3, -0.25) is 0 Å². The second-order valence-electron chi connectivity index (χ2n) is 5.19. The molecule has 2 rings (SSSR count). The van der Waals surface area contributed by atoms with Crippen LogP contribution in [0.2, 0.25) is 0 Å². The van der Waals surface area contributed by atoms with Crippen LogP contribution in [0.25, 0.3) is 10.2 Å². The van der Waals surface area contributed by atoms with Crippen LogP contribution in [0.1, 0.15) is 11.4 Å². The van der Waals surface area contributed by atoms with Crippen molar-refractivity contribution in [2.24, 2.45) is 0 Å². The van der Waals surface area contributed by atoms with Gasteiger partial charge in [-0.2, -0.15) is 0 Å². The van der Waals surface area contributed by atoms with E-state index in [0.717, 1.165) is 41.4 Å². The summed E-state index contributed by atoms with van der Waals surface area (Å²) in [6.45, 7) is 4.11. The average molecular weight is 278 g/mol. The number of nitrogens with zero attached hydrogens (tertiary/aromatic N) is 3. The molecule has 0 spiro atoms. The van der Waals surface area contributed by atoms with Gasteiger partial charge in [0.2, 0.25) is 0 Å². The largest absolute Gasteiger partial charge is 0.397 e. The van der Waals surface area contributed by atoms with Gasteiger partial charge in [0.25, 0.3) is 0 Å². The molecular weight excluding hydrogens is 256 g/mol. The Labute approximate surface area is 118 Å². The summed E-state index contributed by atoms with van der Waals surface area (Å²) in [5.41, 5.74) is 9.12. The van der Waals surface area contributed by atoms with Crippen LogP contribution in [0.5, 0.6) is 0 Å². The third-order valence-electron chi connectivity index (χ3n) is 3.15. The van der Waals surface area contributed by atoms with Crippen molar-refractivity contribution >= 4 is 32.9 Å². The Morgan fingerprint density at radius 3 is 2.63 bits per heavy atom. The molecule has 2 aromatic rings. The van der Waals surface area contributed by atoms with Gasteiger partial charge in [-0.05, 0) is 46.1 Å². The lowest BCUT2D eigenvalue weighted by molar-refractivity contribution is 0.402. The molecule has 0 aliphatic carbocycles. The molecule has 1 heterocycles. The van der Waals surface area contributed by atoms with Gasteiger partial charge in [-0.1, -0.05) is 0 Å². The summed E-state index contributed by atoms with van der Waals surface area (Å²) >= 11 is 1.69. The van der Waals surface area contributed by atoms with Crippen LogP contribution < -0.4 is 10.6 Å². The predicted molar refractivity (Wildman–Crippen MR) is 85.2 cm³/mol. The molecule has 0 fully saturated rings. The lowest BCUT2D eigenvalue weighted by atomic mass is 10.2. The predicted octanol–water partition coefficient (Wildman–Crippen LogP) is 2.57. The number of nitrogens with two attached hydrogens (primary N) is 1. The van der Waals surface area contributed by atoms with Crippen LogP contribution in [0.4, 0.5) is 11.4 Å².